The number of rotatable bonds is 17. The second kappa shape index (κ2) is 16.6. The Morgan fingerprint density at radius 3 is 2.53 bits per heavy atom. The molecule has 0 aromatic heterocycles. The molecule has 0 saturated carbocycles. The van der Waals surface area contributed by atoms with Crippen molar-refractivity contribution in [2.45, 2.75) is 71.0 Å². The fourth-order valence-corrected chi connectivity index (χ4v) is 5.78. The fraction of sp³-hybridized carbons (Fsp3) is 0.375. The molecule has 244 valence electrons. The van der Waals surface area contributed by atoms with Gasteiger partial charge in [0.15, 0.2) is 5.79 Å². The van der Waals surface area contributed by atoms with E-state index in [0.717, 1.165) is 11.1 Å². The van der Waals surface area contributed by atoms with Gasteiger partial charge in [0.05, 0.1) is 18.9 Å². The molecule has 1 amide bonds. The Hall–Kier alpha value is -3.61. The number of nitrogens with one attached hydrogen (secondary N) is 1. The van der Waals surface area contributed by atoms with Crippen LogP contribution in [0.5, 0.6) is 5.75 Å². The Bertz CT molecular complexity index is 1390. The Morgan fingerprint density at radius 1 is 1.22 bits per heavy atom. The Morgan fingerprint density at radius 2 is 1.91 bits per heavy atom. The molecule has 6 N–H and O–H groups in total. The van der Waals surface area contributed by atoms with E-state index in [-0.39, 0.29) is 31.0 Å². The summed E-state index contributed by atoms with van der Waals surface area (Å²) >= 11 is 0. The maximum atomic E-state index is 14.0. The van der Waals surface area contributed by atoms with Crippen molar-refractivity contribution in [2.75, 3.05) is 6.61 Å². The zero-order valence-electron chi connectivity index (χ0n) is 26.0. The number of benzene rings is 2. The summed E-state index contributed by atoms with van der Waals surface area (Å²) in [7, 11) is -4.15. The van der Waals surface area contributed by atoms with E-state index in [1.165, 1.54) is 32.9 Å². The lowest BCUT2D eigenvalue weighted by molar-refractivity contribution is -0.676. The molecule has 2 aromatic rings. The Balaban J connectivity index is 1.70. The van der Waals surface area contributed by atoms with Crippen molar-refractivity contribution in [3.63, 3.8) is 0 Å². The monoisotopic (exact) mass is 644 g/mol. The van der Waals surface area contributed by atoms with Crippen molar-refractivity contribution >= 4 is 19.6 Å². The van der Waals surface area contributed by atoms with Crippen molar-refractivity contribution in [1.82, 2.24) is 5.09 Å². The maximum Gasteiger partial charge on any atom is 0.459 e. The van der Waals surface area contributed by atoms with E-state index in [2.05, 4.69) is 11.7 Å². The van der Waals surface area contributed by atoms with E-state index in [4.69, 9.17) is 29.0 Å². The minimum Gasteiger partial charge on any atom is -0.460 e. The first-order valence-electron chi connectivity index (χ1n) is 14.5. The number of quaternary nitrogens is 1. The van der Waals surface area contributed by atoms with Crippen molar-refractivity contribution < 1.29 is 47.8 Å². The molecule has 1 aliphatic heterocycles. The largest absolute Gasteiger partial charge is 0.460 e. The predicted molar refractivity (Wildman–Crippen MR) is 167 cm³/mol. The van der Waals surface area contributed by atoms with Gasteiger partial charge in [-0.25, -0.2) is 4.57 Å². The van der Waals surface area contributed by atoms with E-state index in [1.54, 1.807) is 41.9 Å². The van der Waals surface area contributed by atoms with Crippen LogP contribution in [0.15, 0.2) is 91.2 Å². The van der Waals surface area contributed by atoms with Crippen LogP contribution < -0.4 is 20.7 Å². The highest BCUT2D eigenvalue weighted by Crippen LogP contribution is 2.45. The molecule has 2 aromatic carbocycles. The molecule has 4 unspecified atom stereocenters. The first-order chi connectivity index (χ1) is 21.3. The normalized spacial score (nSPS) is 20.8. The molecular formula is C32H43N3O9P+. The molecule has 45 heavy (non-hydrogen) atoms. The van der Waals surface area contributed by atoms with E-state index in [9.17, 15) is 19.3 Å². The summed E-state index contributed by atoms with van der Waals surface area (Å²) in [6.45, 7) is 9.83. The van der Waals surface area contributed by atoms with Gasteiger partial charge in [0, 0.05) is 12.0 Å². The molecule has 1 saturated heterocycles. The maximum absolute atomic E-state index is 14.0. The first-order valence-corrected chi connectivity index (χ1v) is 16.0. The van der Waals surface area contributed by atoms with Crippen LogP contribution >= 0.6 is 7.75 Å². The number of nitrogens with two attached hydrogens (primary N) is 2. The number of hydrogen-bond donors (Lipinski definition) is 4. The summed E-state index contributed by atoms with van der Waals surface area (Å²) in [4.78, 5) is 24.2. The van der Waals surface area contributed by atoms with Crippen molar-refractivity contribution in [3.8, 4) is 5.75 Å². The van der Waals surface area contributed by atoms with Crippen LogP contribution in [-0.2, 0) is 39.5 Å². The van der Waals surface area contributed by atoms with E-state index in [0.29, 0.717) is 0 Å². The summed E-state index contributed by atoms with van der Waals surface area (Å²) in [6.07, 6.45) is 4.57. The number of carbonyl (C=O) groups excluding carboxylic acids is 2. The fourth-order valence-electron chi connectivity index (χ4n) is 4.26. The number of allylic oxidation sites excluding steroid dienone is 2. The van der Waals surface area contributed by atoms with Gasteiger partial charge < -0.3 is 29.6 Å². The molecule has 13 heteroatoms. The first kappa shape index (κ1) is 35.9. The average molecular weight is 645 g/mol. The SMILES string of the molecule is C=C/C(=C\C=C/[NH2+][C@@H]1OC(COP(=O)(NC(C)C(=O)OCc2ccccc2)Oc2ccc(C)cc2)CC1OC(C)(C)O)C(N)=O. The van der Waals surface area contributed by atoms with Gasteiger partial charge in [-0.15, -0.1) is 0 Å². The second-order valence-corrected chi connectivity index (χ2v) is 12.7. The van der Waals surface area contributed by atoms with Crippen LogP contribution in [0.1, 0.15) is 38.3 Å². The van der Waals surface area contributed by atoms with Crippen molar-refractivity contribution in [1.29, 1.82) is 0 Å². The van der Waals surface area contributed by atoms with Crippen LogP contribution in [0.2, 0.25) is 0 Å². The lowest BCUT2D eigenvalue weighted by Gasteiger charge is -2.24. The molecule has 0 aliphatic carbocycles. The Labute approximate surface area is 263 Å². The zero-order valence-corrected chi connectivity index (χ0v) is 26.9. The number of amides is 1. The molecule has 1 aliphatic rings. The van der Waals surface area contributed by atoms with Crippen LogP contribution in [0.25, 0.3) is 0 Å². The molecule has 5 atom stereocenters. The van der Waals surface area contributed by atoms with Crippen LogP contribution in [0, 0.1) is 6.92 Å². The van der Waals surface area contributed by atoms with E-state index >= 15 is 0 Å². The summed E-state index contributed by atoms with van der Waals surface area (Å²) in [5.41, 5.74) is 7.31. The highest BCUT2D eigenvalue weighted by atomic mass is 31.2. The molecule has 0 spiro atoms. The highest BCUT2D eigenvalue weighted by molar-refractivity contribution is 7.52. The van der Waals surface area contributed by atoms with Gasteiger partial charge in [0.1, 0.15) is 24.5 Å². The number of hydrogen-bond acceptors (Lipinski definition) is 9. The van der Waals surface area contributed by atoms with Crippen LogP contribution in [0.3, 0.4) is 0 Å². The molecule has 1 fully saturated rings. The standard InChI is InChI=1S/C32H42N3O9P/c1-6-25(29(33)36)13-10-18-34-30-28(43-32(4,5)38)19-27(42-30)21-41-45(39,44-26-16-14-22(2)15-17-26)35-23(3)31(37)40-20-24-11-8-7-9-12-24/h6-18,23,27-28,30,34,38H,1,19-21H2,2-5H3,(H2,33,36)(H,35,39)/p+1/b18-10-,25-13+/t23?,27?,28?,30-,45?/m1/s1. The molecule has 0 radical (unpaired) electrons. The zero-order chi connectivity index (χ0) is 33.0. The minimum absolute atomic E-state index is 0.0493. The smallest absolute Gasteiger partial charge is 0.459 e. The number of aryl methyl sites for hydroxylation is 1. The number of ether oxygens (including phenoxy) is 3. The predicted octanol–water partition coefficient (Wildman–Crippen LogP) is 3.12. The summed E-state index contributed by atoms with van der Waals surface area (Å²) in [6, 6.07) is 15.0. The second-order valence-electron chi connectivity index (χ2n) is 11.0. The minimum atomic E-state index is -4.15. The topological polar surface area (TPSA) is 172 Å². The van der Waals surface area contributed by atoms with E-state index in [1.807, 2.05) is 37.3 Å². The van der Waals surface area contributed by atoms with Gasteiger partial charge in [0.25, 0.3) is 0 Å². The summed E-state index contributed by atoms with van der Waals surface area (Å²) < 4.78 is 42.9. The molecule has 12 nitrogen and oxygen atoms in total. The molecule has 0 bridgehead atoms. The molecular weight excluding hydrogens is 601 g/mol. The Kier molecular flexibility index (Phi) is 13.3. The number of primary amides is 1. The lowest BCUT2D eigenvalue weighted by Crippen LogP contribution is -2.87. The lowest BCUT2D eigenvalue weighted by atomic mass is 10.2. The van der Waals surface area contributed by atoms with Gasteiger partial charge in [-0.05, 0) is 57.5 Å². The molecule has 1 heterocycles. The van der Waals surface area contributed by atoms with Gasteiger partial charge in [-0.1, -0.05) is 60.7 Å². The van der Waals surface area contributed by atoms with Crippen molar-refractivity contribution in [2.24, 2.45) is 5.73 Å². The third-order valence-corrected chi connectivity index (χ3v) is 8.09. The number of aliphatic hydroxyl groups is 1. The highest BCUT2D eigenvalue weighted by Gasteiger charge is 2.43. The van der Waals surface area contributed by atoms with Gasteiger partial charge in [-0.3, -0.25) is 19.4 Å². The summed E-state index contributed by atoms with van der Waals surface area (Å²) in [5.74, 6) is -2.44. The van der Waals surface area contributed by atoms with E-state index < -0.39 is 49.9 Å². The number of esters is 1. The molecule has 3 rings (SSSR count). The van der Waals surface area contributed by atoms with Gasteiger partial charge in [0.2, 0.25) is 12.1 Å². The summed E-state index contributed by atoms with van der Waals surface area (Å²) in [5, 5.41) is 14.7. The third kappa shape index (κ3) is 12.4. The van der Waals surface area contributed by atoms with Gasteiger partial charge >= 0.3 is 13.7 Å². The van der Waals surface area contributed by atoms with Crippen LogP contribution in [-0.4, -0.2) is 53.9 Å². The van der Waals surface area contributed by atoms with Gasteiger partial charge in [-0.2, -0.15) is 5.09 Å². The average Bonchev–Trinajstić information content (AvgIpc) is 3.36. The van der Waals surface area contributed by atoms with Crippen LogP contribution in [0.4, 0.5) is 0 Å². The third-order valence-electron chi connectivity index (χ3n) is 6.45. The number of carbonyl (C=O) groups is 2. The quantitative estimate of drug-likeness (QED) is 0.0659. The van der Waals surface area contributed by atoms with Crippen molar-refractivity contribution in [3.05, 3.63) is 102 Å².